The van der Waals surface area contributed by atoms with Crippen molar-refractivity contribution in [3.63, 3.8) is 0 Å². The maximum absolute atomic E-state index is 5.90. The molecule has 0 aromatic carbocycles. The number of piperidine rings is 1. The number of likely N-dealkylation sites (tertiary alicyclic amines) is 1. The smallest absolute Gasteiger partial charge is 0.149 e. The van der Waals surface area contributed by atoms with Gasteiger partial charge in [-0.25, -0.2) is 4.98 Å². The van der Waals surface area contributed by atoms with Gasteiger partial charge >= 0.3 is 0 Å². The second kappa shape index (κ2) is 4.70. The number of hydrogen-bond acceptors (Lipinski definition) is 4. The minimum absolute atomic E-state index is 0.468. The summed E-state index contributed by atoms with van der Waals surface area (Å²) in [5, 5.41) is 3.44. The molecule has 2 rings (SSSR count). The van der Waals surface area contributed by atoms with Gasteiger partial charge in [-0.05, 0) is 45.5 Å². The third-order valence-electron chi connectivity index (χ3n) is 3.03. The molecule has 88 valence electrons. The largest absolute Gasteiger partial charge is 0.396 e. The Morgan fingerprint density at radius 2 is 2.31 bits per heavy atom. The molecule has 0 saturated carbocycles. The number of anilines is 2. The van der Waals surface area contributed by atoms with E-state index in [4.69, 9.17) is 5.73 Å². The van der Waals surface area contributed by atoms with Crippen molar-refractivity contribution in [2.75, 3.05) is 31.2 Å². The Morgan fingerprint density at radius 3 is 3.06 bits per heavy atom. The van der Waals surface area contributed by atoms with Crippen molar-refractivity contribution >= 4 is 11.5 Å². The molecule has 1 atom stereocenters. The van der Waals surface area contributed by atoms with Crippen LogP contribution in [0.25, 0.3) is 0 Å². The average molecular weight is 220 g/mol. The third kappa shape index (κ3) is 2.64. The Morgan fingerprint density at radius 1 is 1.50 bits per heavy atom. The Hall–Kier alpha value is -1.29. The number of pyridine rings is 1. The Balaban J connectivity index is 2.05. The van der Waals surface area contributed by atoms with Crippen molar-refractivity contribution in [2.45, 2.75) is 25.8 Å². The van der Waals surface area contributed by atoms with Crippen LogP contribution >= 0.6 is 0 Å². The van der Waals surface area contributed by atoms with Crippen LogP contribution in [0.3, 0.4) is 0 Å². The monoisotopic (exact) mass is 220 g/mol. The number of nitrogens with one attached hydrogen (secondary N) is 1. The standard InChI is InChI=1S/C12H20N4/c1-9-5-6-11(13)12(14-9)15-10-4-3-7-16(2)8-10/h5-6,10H,3-4,7-8,13H2,1-2H3,(H,14,15). The zero-order valence-electron chi connectivity index (χ0n) is 10.0. The van der Waals surface area contributed by atoms with Crippen LogP contribution in [0.1, 0.15) is 18.5 Å². The highest BCUT2D eigenvalue weighted by Gasteiger charge is 2.17. The Kier molecular flexibility index (Phi) is 3.29. The quantitative estimate of drug-likeness (QED) is 0.792. The summed E-state index contributed by atoms with van der Waals surface area (Å²) in [6.07, 6.45) is 2.43. The summed E-state index contributed by atoms with van der Waals surface area (Å²) in [5.74, 6) is 0.834. The molecule has 1 aliphatic rings. The fourth-order valence-corrected chi connectivity index (χ4v) is 2.16. The lowest BCUT2D eigenvalue weighted by Gasteiger charge is -2.30. The van der Waals surface area contributed by atoms with Gasteiger partial charge in [0.05, 0.1) is 5.69 Å². The number of rotatable bonds is 2. The summed E-state index contributed by atoms with van der Waals surface area (Å²) in [4.78, 5) is 6.78. The first-order chi connectivity index (χ1) is 7.65. The van der Waals surface area contributed by atoms with Crippen LogP contribution in [0.2, 0.25) is 0 Å². The SMILES string of the molecule is Cc1ccc(N)c(NC2CCCN(C)C2)n1. The Labute approximate surface area is 96.8 Å². The number of aryl methyl sites for hydroxylation is 1. The van der Waals surface area contributed by atoms with E-state index in [0.717, 1.165) is 23.7 Å². The number of aromatic nitrogens is 1. The van der Waals surface area contributed by atoms with E-state index in [0.29, 0.717) is 6.04 Å². The molecule has 1 aromatic rings. The highest BCUT2D eigenvalue weighted by molar-refractivity contribution is 5.61. The molecule has 1 aromatic heterocycles. The third-order valence-corrected chi connectivity index (χ3v) is 3.03. The van der Waals surface area contributed by atoms with Gasteiger partial charge in [0.15, 0.2) is 0 Å². The molecule has 0 amide bonds. The van der Waals surface area contributed by atoms with Gasteiger partial charge in [-0.3, -0.25) is 0 Å². The van der Waals surface area contributed by atoms with E-state index in [-0.39, 0.29) is 0 Å². The van der Waals surface area contributed by atoms with Gasteiger partial charge < -0.3 is 16.0 Å². The summed E-state index contributed by atoms with van der Waals surface area (Å²) < 4.78 is 0. The molecule has 4 heteroatoms. The maximum atomic E-state index is 5.90. The van der Waals surface area contributed by atoms with Crippen LogP contribution in [-0.4, -0.2) is 36.1 Å². The second-order valence-corrected chi connectivity index (χ2v) is 4.64. The lowest BCUT2D eigenvalue weighted by Crippen LogP contribution is -2.40. The number of nitrogen functional groups attached to an aromatic ring is 1. The zero-order valence-corrected chi connectivity index (χ0v) is 10.0. The van der Waals surface area contributed by atoms with E-state index in [9.17, 15) is 0 Å². The van der Waals surface area contributed by atoms with E-state index < -0.39 is 0 Å². The lowest BCUT2D eigenvalue weighted by molar-refractivity contribution is 0.261. The van der Waals surface area contributed by atoms with Crippen molar-refractivity contribution in [1.82, 2.24) is 9.88 Å². The van der Waals surface area contributed by atoms with Crippen LogP contribution in [0, 0.1) is 6.92 Å². The number of nitrogens with zero attached hydrogens (tertiary/aromatic N) is 2. The van der Waals surface area contributed by atoms with Crippen LogP contribution in [-0.2, 0) is 0 Å². The Bertz CT molecular complexity index is 364. The van der Waals surface area contributed by atoms with Gasteiger partial charge in [0, 0.05) is 18.3 Å². The van der Waals surface area contributed by atoms with E-state index in [1.165, 1.54) is 19.4 Å². The fourth-order valence-electron chi connectivity index (χ4n) is 2.16. The van der Waals surface area contributed by atoms with Crippen molar-refractivity contribution in [1.29, 1.82) is 0 Å². The molecule has 4 nitrogen and oxygen atoms in total. The van der Waals surface area contributed by atoms with Gasteiger partial charge in [0.2, 0.25) is 0 Å². The lowest BCUT2D eigenvalue weighted by atomic mass is 10.1. The van der Waals surface area contributed by atoms with Crippen molar-refractivity contribution in [2.24, 2.45) is 0 Å². The van der Waals surface area contributed by atoms with Crippen LogP contribution in [0.15, 0.2) is 12.1 Å². The molecule has 2 heterocycles. The van der Waals surface area contributed by atoms with Gasteiger partial charge in [0.25, 0.3) is 0 Å². The van der Waals surface area contributed by atoms with E-state index in [1.54, 1.807) is 0 Å². The molecule has 0 radical (unpaired) electrons. The van der Waals surface area contributed by atoms with E-state index in [2.05, 4.69) is 22.2 Å². The van der Waals surface area contributed by atoms with E-state index >= 15 is 0 Å². The summed E-state index contributed by atoms with van der Waals surface area (Å²) in [6.45, 7) is 4.24. The maximum Gasteiger partial charge on any atom is 0.149 e. The average Bonchev–Trinajstić information content (AvgIpc) is 2.24. The van der Waals surface area contributed by atoms with Gasteiger partial charge in [-0.15, -0.1) is 0 Å². The molecular formula is C12H20N4. The zero-order chi connectivity index (χ0) is 11.5. The summed E-state index contributed by atoms with van der Waals surface area (Å²) in [5.41, 5.74) is 7.64. The number of hydrogen-bond donors (Lipinski definition) is 2. The minimum Gasteiger partial charge on any atom is -0.396 e. The number of likely N-dealkylation sites (N-methyl/N-ethyl adjacent to an activating group) is 1. The van der Waals surface area contributed by atoms with Crippen molar-refractivity contribution in [3.05, 3.63) is 17.8 Å². The molecule has 0 spiro atoms. The highest BCUT2D eigenvalue weighted by atomic mass is 15.2. The predicted octanol–water partition coefficient (Wildman–Crippen LogP) is 1.48. The number of nitrogens with two attached hydrogens (primary N) is 1. The minimum atomic E-state index is 0.468. The van der Waals surface area contributed by atoms with Crippen molar-refractivity contribution < 1.29 is 0 Å². The van der Waals surface area contributed by atoms with Crippen LogP contribution in [0.4, 0.5) is 11.5 Å². The molecule has 0 bridgehead atoms. The predicted molar refractivity (Wildman–Crippen MR) is 67.5 cm³/mol. The molecule has 1 aliphatic heterocycles. The second-order valence-electron chi connectivity index (χ2n) is 4.64. The molecule has 1 fully saturated rings. The molecule has 1 saturated heterocycles. The molecule has 0 aliphatic carbocycles. The fraction of sp³-hybridized carbons (Fsp3) is 0.583. The summed E-state index contributed by atoms with van der Waals surface area (Å²) >= 11 is 0. The first-order valence-electron chi connectivity index (χ1n) is 5.83. The van der Waals surface area contributed by atoms with Gasteiger partial charge in [-0.2, -0.15) is 0 Å². The van der Waals surface area contributed by atoms with Crippen molar-refractivity contribution in [3.8, 4) is 0 Å². The highest BCUT2D eigenvalue weighted by Crippen LogP contribution is 2.19. The summed E-state index contributed by atoms with van der Waals surface area (Å²) in [6, 6.07) is 4.32. The summed E-state index contributed by atoms with van der Waals surface area (Å²) in [7, 11) is 2.15. The van der Waals surface area contributed by atoms with Gasteiger partial charge in [0.1, 0.15) is 5.82 Å². The normalized spacial score (nSPS) is 22.0. The molecular weight excluding hydrogens is 200 g/mol. The molecule has 1 unspecified atom stereocenters. The van der Waals surface area contributed by atoms with Gasteiger partial charge in [-0.1, -0.05) is 0 Å². The van der Waals surface area contributed by atoms with E-state index in [1.807, 2.05) is 19.1 Å². The molecule has 3 N–H and O–H groups in total. The van der Waals surface area contributed by atoms with Crippen LogP contribution in [0.5, 0.6) is 0 Å². The molecule has 16 heavy (non-hydrogen) atoms. The topological polar surface area (TPSA) is 54.2 Å². The first kappa shape index (κ1) is 11.2. The van der Waals surface area contributed by atoms with Crippen LogP contribution < -0.4 is 11.1 Å². The first-order valence-corrected chi connectivity index (χ1v) is 5.83.